The van der Waals surface area contributed by atoms with E-state index in [0.717, 1.165) is 24.3 Å². The van der Waals surface area contributed by atoms with Crippen LogP contribution in [0.2, 0.25) is 0 Å². The smallest absolute Gasteiger partial charge is 0.416 e. The van der Waals surface area contributed by atoms with E-state index in [2.05, 4.69) is 0 Å². The molecular weight excluding hydrogens is 430 g/mol. The summed E-state index contributed by atoms with van der Waals surface area (Å²) in [6.07, 6.45) is -4.21. The van der Waals surface area contributed by atoms with Crippen molar-refractivity contribution in [2.45, 2.75) is 18.5 Å². The van der Waals surface area contributed by atoms with Crippen LogP contribution in [0.1, 0.15) is 23.3 Å². The van der Waals surface area contributed by atoms with E-state index in [9.17, 15) is 29.6 Å². The first-order chi connectivity index (χ1) is 13.5. The molecule has 0 bridgehead atoms. The van der Waals surface area contributed by atoms with Gasteiger partial charge in [0, 0.05) is 0 Å². The summed E-state index contributed by atoms with van der Waals surface area (Å²) in [5.74, 6) is -0.879. The van der Waals surface area contributed by atoms with Gasteiger partial charge in [-0.2, -0.15) is 13.2 Å². The average molecular weight is 450 g/mol. The van der Waals surface area contributed by atoms with Crippen molar-refractivity contribution in [3.63, 3.8) is 0 Å². The van der Waals surface area contributed by atoms with Crippen LogP contribution in [0.15, 0.2) is 95.9 Å². The highest BCUT2D eigenvalue weighted by Crippen LogP contribution is 2.60. The third-order valence-electron chi connectivity index (χ3n) is 3.13. The van der Waals surface area contributed by atoms with Gasteiger partial charge in [-0.15, -0.1) is 11.7 Å². The first kappa shape index (κ1) is 27.1. The van der Waals surface area contributed by atoms with Crippen molar-refractivity contribution in [3.05, 3.63) is 102 Å². The molecule has 0 amide bonds. The molecule has 3 aromatic carbocycles. The summed E-state index contributed by atoms with van der Waals surface area (Å²) < 4.78 is 71.0. The summed E-state index contributed by atoms with van der Waals surface area (Å²) in [5, 5.41) is 8.38. The monoisotopic (exact) mass is 450 g/mol. The molecule has 0 unspecified atom stereocenters. The van der Waals surface area contributed by atoms with Gasteiger partial charge in [0.05, 0.1) is 16.0 Å². The van der Waals surface area contributed by atoms with Crippen LogP contribution in [-0.4, -0.2) is 11.1 Å². The molecule has 0 aliphatic heterocycles. The van der Waals surface area contributed by atoms with Gasteiger partial charge in [0.25, 0.3) is 0 Å². The predicted molar refractivity (Wildman–Crippen MR) is 107 cm³/mol. The molecule has 164 valence electrons. The number of hydrogen-bond acceptors (Lipinski definition) is 1. The lowest BCUT2D eigenvalue weighted by atomic mass is 10.2. The molecule has 1 N–H and O–H groups in total. The van der Waals surface area contributed by atoms with E-state index in [1.165, 1.54) is 24.3 Å². The maximum absolute atomic E-state index is 11.9. The first-order valence-corrected chi connectivity index (χ1v) is 9.23. The van der Waals surface area contributed by atoms with Gasteiger partial charge in [-0.1, -0.05) is 74.2 Å². The van der Waals surface area contributed by atoms with E-state index < -0.39 is 33.8 Å². The van der Waals surface area contributed by atoms with Crippen molar-refractivity contribution in [2.75, 3.05) is 0 Å². The molecule has 0 heterocycles. The number of aromatic carboxylic acids is 1. The number of carboxylic acid groups (broad SMARTS) is 1. The van der Waals surface area contributed by atoms with Gasteiger partial charge in [-0.05, 0) is 24.3 Å². The number of alkyl halides is 3. The summed E-state index contributed by atoms with van der Waals surface area (Å²) >= 11 is -5.00. The topological polar surface area (TPSA) is 37.3 Å². The van der Waals surface area contributed by atoms with E-state index in [1.54, 1.807) is 42.5 Å². The van der Waals surface area contributed by atoms with Crippen molar-refractivity contribution in [1.29, 1.82) is 0 Å². The molecule has 0 aliphatic rings. The Bertz CT molecular complexity index is 802. The third-order valence-corrected chi connectivity index (χ3v) is 3.94. The second-order valence-electron chi connectivity index (χ2n) is 5.25. The highest BCUT2D eigenvalue weighted by Gasteiger charge is 2.29. The molecule has 0 saturated carbocycles. The van der Waals surface area contributed by atoms with Crippen LogP contribution in [0.25, 0.3) is 0 Å². The molecule has 2 nitrogen and oxygen atoms in total. The Labute approximate surface area is 173 Å². The normalized spacial score (nSPS) is 10.9. The minimum Gasteiger partial charge on any atom is -0.478 e. The number of rotatable bonds is 2. The fourth-order valence-electron chi connectivity index (χ4n) is 1.78. The first-order valence-electron chi connectivity index (χ1n) is 7.89. The number of carboxylic acids is 1. The Morgan fingerprint density at radius 1 is 0.700 bits per heavy atom. The number of benzene rings is 3. The third kappa shape index (κ3) is 10.6. The van der Waals surface area contributed by atoms with Crippen LogP contribution >= 0.6 is 11.2 Å². The molecule has 0 spiro atoms. The lowest BCUT2D eigenvalue weighted by molar-refractivity contribution is -0.137. The minimum atomic E-state index is -5.00. The second kappa shape index (κ2) is 12.6. The Kier molecular flexibility index (Phi) is 11.4. The quantitative estimate of drug-likeness (QED) is 0.399. The van der Waals surface area contributed by atoms with Gasteiger partial charge in [0.15, 0.2) is 0 Å². The zero-order valence-electron chi connectivity index (χ0n) is 14.7. The molecule has 30 heavy (non-hydrogen) atoms. The van der Waals surface area contributed by atoms with E-state index in [0.29, 0.717) is 5.56 Å². The summed E-state index contributed by atoms with van der Waals surface area (Å²) in [5.41, 5.74) is -0.271. The number of halogens is 6. The van der Waals surface area contributed by atoms with Crippen molar-refractivity contribution in [2.24, 2.45) is 0 Å². The van der Waals surface area contributed by atoms with Gasteiger partial charge >= 0.3 is 12.1 Å². The maximum Gasteiger partial charge on any atom is 0.416 e. The zero-order chi connectivity index (χ0) is 21.9. The minimum absolute atomic E-state index is 0. The van der Waals surface area contributed by atoms with Gasteiger partial charge < -0.3 is 5.11 Å². The van der Waals surface area contributed by atoms with Crippen LogP contribution in [0, 0.1) is 0 Å². The second-order valence-corrected chi connectivity index (χ2v) is 6.54. The van der Waals surface area contributed by atoms with E-state index >= 15 is 0 Å². The van der Waals surface area contributed by atoms with Gasteiger partial charge in [-0.3, -0.25) is 0 Å². The highest BCUT2D eigenvalue weighted by atomic mass is 32.3. The van der Waals surface area contributed by atoms with Crippen LogP contribution in [-0.2, 0) is 6.18 Å². The fraction of sp³-hybridized carbons (Fsp3) is 0.0952. The maximum atomic E-state index is 11.9. The van der Waals surface area contributed by atoms with Crippen LogP contribution in [0.3, 0.4) is 0 Å². The van der Waals surface area contributed by atoms with Gasteiger partial charge in [0.1, 0.15) is 0 Å². The van der Waals surface area contributed by atoms with E-state index in [-0.39, 0.29) is 7.43 Å². The predicted octanol–water partition coefficient (Wildman–Crippen LogP) is 8.23. The molecule has 0 atom stereocenters. The Morgan fingerprint density at radius 3 is 1.30 bits per heavy atom. The molecule has 0 fully saturated rings. The standard InChI is InChI=1S/C7H5F3.C7H6O2.C6H5F3S.CH4/c8-7(9,10)6-4-2-1-3-5-6;8-7(9)6-4-2-1-3-5-6;7-10(8,9)6-4-2-1-3-5-6;/h1-5H;1-5H,(H,8,9);1-5H;1H4. The molecular formula is C21H20F6O2S. The largest absolute Gasteiger partial charge is 0.478 e. The zero-order valence-corrected chi connectivity index (χ0v) is 15.5. The lowest BCUT2D eigenvalue weighted by Gasteiger charge is -2.07. The van der Waals surface area contributed by atoms with Crippen LogP contribution in [0.5, 0.6) is 0 Å². The Hall–Kier alpha value is -2.94. The summed E-state index contributed by atoms with van der Waals surface area (Å²) in [7, 11) is 0. The molecule has 0 saturated heterocycles. The van der Waals surface area contributed by atoms with Crippen molar-refractivity contribution in [1.82, 2.24) is 0 Å². The molecule has 3 rings (SSSR count). The van der Waals surface area contributed by atoms with Crippen molar-refractivity contribution < 1.29 is 34.7 Å². The Balaban J connectivity index is 0.000000414. The van der Waals surface area contributed by atoms with E-state index in [4.69, 9.17) is 5.11 Å². The van der Waals surface area contributed by atoms with Crippen LogP contribution in [0.4, 0.5) is 24.8 Å². The van der Waals surface area contributed by atoms with Crippen LogP contribution < -0.4 is 0 Å². The molecule has 0 radical (unpaired) electrons. The summed E-state index contributed by atoms with van der Waals surface area (Å²) in [4.78, 5) is 9.68. The summed E-state index contributed by atoms with van der Waals surface area (Å²) in [6, 6.07) is 21.1. The molecule has 9 heteroatoms. The van der Waals surface area contributed by atoms with Crippen molar-refractivity contribution >= 4 is 17.2 Å². The van der Waals surface area contributed by atoms with E-state index in [1.807, 2.05) is 0 Å². The van der Waals surface area contributed by atoms with Gasteiger partial charge in [0.2, 0.25) is 11.2 Å². The number of carbonyl (C=O) groups is 1. The summed E-state index contributed by atoms with van der Waals surface area (Å²) in [6.45, 7) is 0. The van der Waals surface area contributed by atoms with Gasteiger partial charge in [-0.25, -0.2) is 4.79 Å². The Morgan fingerprint density at radius 2 is 1.07 bits per heavy atom. The molecule has 0 aromatic heterocycles. The number of hydrogen-bond donors (Lipinski definition) is 1. The average Bonchev–Trinajstić information content (AvgIpc) is 2.70. The molecule has 3 aromatic rings. The highest BCUT2D eigenvalue weighted by molar-refractivity contribution is 8.20. The fourth-order valence-corrected chi connectivity index (χ4v) is 2.25. The SMILES string of the molecule is C.FC(F)(F)c1ccccc1.FS(F)(F)c1ccccc1.O=C(O)c1ccccc1. The lowest BCUT2D eigenvalue weighted by Crippen LogP contribution is -2.03. The van der Waals surface area contributed by atoms with Crippen molar-refractivity contribution in [3.8, 4) is 0 Å². The molecule has 0 aliphatic carbocycles.